The molecule has 0 unspecified atom stereocenters. The van der Waals surface area contributed by atoms with Crippen LogP contribution in [0.3, 0.4) is 0 Å². The van der Waals surface area contributed by atoms with Gasteiger partial charge in [0.05, 0.1) is 0 Å². The topological polar surface area (TPSA) is 67.8 Å². The fourth-order valence-electron chi connectivity index (χ4n) is 7.68. The van der Waals surface area contributed by atoms with Crippen molar-refractivity contribution in [3.63, 3.8) is 0 Å². The van der Waals surface area contributed by atoms with E-state index < -0.39 is 0 Å². The number of hydrogen-bond donors (Lipinski definition) is 1. The van der Waals surface area contributed by atoms with E-state index in [9.17, 15) is 9.59 Å². The van der Waals surface area contributed by atoms with Crippen molar-refractivity contribution in [1.82, 2.24) is 5.43 Å². The van der Waals surface area contributed by atoms with Gasteiger partial charge in [0.25, 0.3) is 0 Å². The van der Waals surface area contributed by atoms with Gasteiger partial charge < -0.3 is 4.74 Å². The number of nitrogens with zero attached hydrogens (tertiary/aromatic N) is 1. The summed E-state index contributed by atoms with van der Waals surface area (Å²) >= 11 is 0. The minimum absolute atomic E-state index is 0.0780. The van der Waals surface area contributed by atoms with E-state index in [0.29, 0.717) is 17.3 Å². The highest BCUT2D eigenvalue weighted by Crippen LogP contribution is 2.65. The van der Waals surface area contributed by atoms with Gasteiger partial charge in [-0.05, 0) is 86.9 Å². The maximum absolute atomic E-state index is 11.4. The molecule has 0 aromatic carbocycles. The lowest BCUT2D eigenvalue weighted by Crippen LogP contribution is -2.54. The third kappa shape index (κ3) is 3.19. The summed E-state index contributed by atoms with van der Waals surface area (Å²) < 4.78 is 5.58. The van der Waals surface area contributed by atoms with E-state index in [1.807, 2.05) is 0 Å². The molecule has 1 amide bonds. The number of carbonyl (C=O) groups excluding carboxylic acids is 2. The summed E-state index contributed by atoms with van der Waals surface area (Å²) in [5.41, 5.74) is 4.46. The first-order chi connectivity index (χ1) is 13.2. The van der Waals surface area contributed by atoms with E-state index in [4.69, 9.17) is 4.74 Å². The summed E-state index contributed by atoms with van der Waals surface area (Å²) in [7, 11) is 0. The first-order valence-electron chi connectivity index (χ1n) is 11.2. The second-order valence-corrected chi connectivity index (χ2v) is 10.4. The van der Waals surface area contributed by atoms with Crippen LogP contribution < -0.4 is 5.43 Å². The van der Waals surface area contributed by atoms with Crippen LogP contribution >= 0.6 is 0 Å². The predicted molar refractivity (Wildman–Crippen MR) is 109 cm³/mol. The number of hydrazone groups is 1. The third-order valence-electron chi connectivity index (χ3n) is 9.04. The van der Waals surface area contributed by atoms with E-state index in [1.54, 1.807) is 0 Å². The zero-order valence-corrected chi connectivity index (χ0v) is 17.9. The van der Waals surface area contributed by atoms with E-state index in [-0.39, 0.29) is 23.4 Å². The molecule has 0 aromatic heterocycles. The van der Waals surface area contributed by atoms with Crippen molar-refractivity contribution in [3.8, 4) is 0 Å². The molecular weight excluding hydrogens is 352 g/mol. The summed E-state index contributed by atoms with van der Waals surface area (Å²) in [6.45, 7) is 7.99. The second kappa shape index (κ2) is 7.14. The van der Waals surface area contributed by atoms with Crippen molar-refractivity contribution in [2.45, 2.75) is 91.6 Å². The van der Waals surface area contributed by atoms with Crippen LogP contribution in [0, 0.1) is 34.5 Å². The van der Waals surface area contributed by atoms with Crippen molar-refractivity contribution in [2.24, 2.45) is 39.6 Å². The number of esters is 1. The Morgan fingerprint density at radius 2 is 1.82 bits per heavy atom. The predicted octanol–water partition coefficient (Wildman–Crippen LogP) is 4.45. The molecule has 4 fully saturated rings. The van der Waals surface area contributed by atoms with Crippen molar-refractivity contribution < 1.29 is 14.3 Å². The number of amides is 1. The third-order valence-corrected chi connectivity index (χ3v) is 9.04. The SMILES string of the molecule is CC(=O)N/N=C1\CC[C@H]2[C@@H]3CC[C@H]4C[C@@H](OC(C)=O)CC[C@]4(C)[C@H]3CC[C@]12C. The van der Waals surface area contributed by atoms with Crippen LogP contribution in [0.25, 0.3) is 0 Å². The highest BCUT2D eigenvalue weighted by Gasteiger charge is 2.59. The summed E-state index contributed by atoms with van der Waals surface area (Å²) in [5.74, 6) is 2.73. The Hall–Kier alpha value is -1.39. The molecule has 1 N–H and O–H groups in total. The van der Waals surface area contributed by atoms with Gasteiger partial charge in [-0.1, -0.05) is 13.8 Å². The van der Waals surface area contributed by atoms with Gasteiger partial charge in [0.2, 0.25) is 5.91 Å². The van der Waals surface area contributed by atoms with E-state index in [0.717, 1.165) is 31.1 Å². The first-order valence-corrected chi connectivity index (χ1v) is 11.2. The molecule has 0 spiro atoms. The molecule has 4 aliphatic carbocycles. The molecule has 0 aromatic rings. The molecule has 0 bridgehead atoms. The summed E-state index contributed by atoms with van der Waals surface area (Å²) in [4.78, 5) is 22.7. The summed E-state index contributed by atoms with van der Waals surface area (Å²) in [6, 6.07) is 0. The van der Waals surface area contributed by atoms with Crippen LogP contribution in [0.1, 0.15) is 85.5 Å². The highest BCUT2D eigenvalue weighted by atomic mass is 16.5. The van der Waals surface area contributed by atoms with Crippen molar-refractivity contribution >= 4 is 17.6 Å². The van der Waals surface area contributed by atoms with Crippen molar-refractivity contribution in [2.75, 3.05) is 0 Å². The summed E-state index contributed by atoms with van der Waals surface area (Å²) in [6.07, 6.45) is 10.6. The van der Waals surface area contributed by atoms with Crippen LogP contribution in [-0.4, -0.2) is 23.7 Å². The van der Waals surface area contributed by atoms with Gasteiger partial charge in [-0.15, -0.1) is 0 Å². The normalized spacial score (nSPS) is 46.3. The zero-order valence-electron chi connectivity index (χ0n) is 17.9. The highest BCUT2D eigenvalue weighted by molar-refractivity contribution is 5.93. The van der Waals surface area contributed by atoms with Gasteiger partial charge in [0.15, 0.2) is 0 Å². The minimum atomic E-state index is -0.132. The van der Waals surface area contributed by atoms with Crippen LogP contribution in [0.5, 0.6) is 0 Å². The largest absolute Gasteiger partial charge is 0.463 e. The molecule has 0 radical (unpaired) electrons. The van der Waals surface area contributed by atoms with Crippen molar-refractivity contribution in [1.29, 1.82) is 0 Å². The molecule has 156 valence electrons. The summed E-state index contributed by atoms with van der Waals surface area (Å²) in [5, 5.41) is 4.52. The Bertz CT molecular complexity index is 689. The second-order valence-electron chi connectivity index (χ2n) is 10.4. The van der Waals surface area contributed by atoms with E-state index in [1.165, 1.54) is 58.1 Å². The Balaban J connectivity index is 1.52. The number of ether oxygens (including phenoxy) is 1. The van der Waals surface area contributed by atoms with Gasteiger partial charge in [0.1, 0.15) is 6.10 Å². The van der Waals surface area contributed by atoms with Gasteiger partial charge >= 0.3 is 5.97 Å². The zero-order chi connectivity index (χ0) is 20.1. The standard InChI is InChI=1S/C23H36N2O3/c1-14(26)24-25-21-8-7-19-18-6-5-16-13-17(28-15(2)27)9-11-22(16,3)20(18)10-12-23(19,21)4/h16-20H,5-13H2,1-4H3,(H,24,26)/b25-21+/t16-,17-,18-,19-,20-,22-,23-/m0/s1. The number of hydrogen-bond acceptors (Lipinski definition) is 4. The molecule has 7 atom stereocenters. The lowest BCUT2D eigenvalue weighted by molar-refractivity contribution is -0.158. The molecule has 4 aliphatic rings. The van der Waals surface area contributed by atoms with Crippen LogP contribution in [0.4, 0.5) is 0 Å². The van der Waals surface area contributed by atoms with E-state index in [2.05, 4.69) is 24.4 Å². The maximum Gasteiger partial charge on any atom is 0.302 e. The fraction of sp³-hybridized carbons (Fsp3) is 0.870. The maximum atomic E-state index is 11.4. The quantitative estimate of drug-likeness (QED) is 0.561. The molecular formula is C23H36N2O3. The lowest BCUT2D eigenvalue weighted by Gasteiger charge is -2.60. The number of fused-ring (bicyclic) bond motifs is 5. The average Bonchev–Trinajstić information content (AvgIpc) is 2.96. The van der Waals surface area contributed by atoms with Crippen LogP contribution in [0.15, 0.2) is 5.10 Å². The lowest BCUT2D eigenvalue weighted by atomic mass is 9.45. The smallest absolute Gasteiger partial charge is 0.302 e. The number of carbonyl (C=O) groups is 2. The number of nitrogens with one attached hydrogen (secondary N) is 1. The minimum Gasteiger partial charge on any atom is -0.463 e. The van der Waals surface area contributed by atoms with Gasteiger partial charge in [0, 0.05) is 25.0 Å². The first kappa shape index (κ1) is 19.9. The molecule has 0 saturated heterocycles. The van der Waals surface area contributed by atoms with Crippen LogP contribution in [-0.2, 0) is 14.3 Å². The van der Waals surface area contributed by atoms with E-state index >= 15 is 0 Å². The van der Waals surface area contributed by atoms with Crippen LogP contribution in [0.2, 0.25) is 0 Å². The molecule has 5 nitrogen and oxygen atoms in total. The Morgan fingerprint density at radius 3 is 2.54 bits per heavy atom. The molecule has 0 heterocycles. The van der Waals surface area contributed by atoms with Crippen molar-refractivity contribution in [3.05, 3.63) is 0 Å². The molecule has 4 saturated carbocycles. The molecule has 28 heavy (non-hydrogen) atoms. The Morgan fingerprint density at radius 1 is 1.04 bits per heavy atom. The average molecular weight is 389 g/mol. The molecule has 0 aliphatic heterocycles. The molecule has 4 rings (SSSR count). The monoisotopic (exact) mass is 388 g/mol. The van der Waals surface area contributed by atoms with Gasteiger partial charge in [-0.3, -0.25) is 9.59 Å². The van der Waals surface area contributed by atoms with Gasteiger partial charge in [-0.25, -0.2) is 5.43 Å². The molecule has 5 heteroatoms. The fourth-order valence-corrected chi connectivity index (χ4v) is 7.68. The number of rotatable bonds is 2. The van der Waals surface area contributed by atoms with Gasteiger partial charge in [-0.2, -0.15) is 5.10 Å². The Kier molecular flexibility index (Phi) is 5.08. The Labute approximate surface area is 169 Å².